The number of nitrogens with one attached hydrogen (secondary N) is 1. The quantitative estimate of drug-likeness (QED) is 0.913. The molecule has 0 amide bonds. The molecule has 1 aromatic heterocycles. The van der Waals surface area contributed by atoms with Crippen LogP contribution in [0.15, 0.2) is 24.5 Å². The average Bonchev–Trinajstić information content (AvgIpc) is 2.87. The molecule has 1 atom stereocenters. The Hall–Kier alpha value is -1.75. The van der Waals surface area contributed by atoms with Crippen LogP contribution in [0.3, 0.4) is 0 Å². The molecule has 108 valence electrons. The molecule has 0 aliphatic heterocycles. The molecule has 5 heteroatoms. The van der Waals surface area contributed by atoms with Gasteiger partial charge in [0.2, 0.25) is 0 Å². The molecule has 0 fully saturated rings. The molecule has 0 saturated carbocycles. The van der Waals surface area contributed by atoms with Crippen LogP contribution in [0.1, 0.15) is 42.9 Å². The molecule has 0 bridgehead atoms. The lowest BCUT2D eigenvalue weighted by molar-refractivity contribution is 0.477. The van der Waals surface area contributed by atoms with Gasteiger partial charge in [-0.25, -0.2) is 14.1 Å². The molecule has 0 spiro atoms. The maximum atomic E-state index is 13.4. The third-order valence-corrected chi connectivity index (χ3v) is 3.46. The zero-order chi connectivity index (χ0) is 14.7. The molecule has 1 unspecified atom stereocenters. The van der Waals surface area contributed by atoms with Gasteiger partial charge in [0.15, 0.2) is 0 Å². The summed E-state index contributed by atoms with van der Waals surface area (Å²) >= 11 is 0. The Morgan fingerprint density at radius 2 is 2.10 bits per heavy atom. The van der Waals surface area contributed by atoms with Crippen molar-refractivity contribution in [2.45, 2.75) is 39.3 Å². The van der Waals surface area contributed by atoms with Crippen LogP contribution < -0.4 is 5.32 Å². The van der Waals surface area contributed by atoms with E-state index < -0.39 is 0 Å². The summed E-state index contributed by atoms with van der Waals surface area (Å²) in [6, 6.07) is 5.59. The minimum Gasteiger partial charge on any atom is -0.313 e. The first-order valence-corrected chi connectivity index (χ1v) is 6.84. The minimum absolute atomic E-state index is 0.0935. The van der Waals surface area contributed by atoms with Crippen LogP contribution in [0, 0.1) is 12.7 Å². The second-order valence-corrected chi connectivity index (χ2v) is 5.27. The standard InChI is InChI=1S/C15H21FN4/c1-10(2)20-15(18-9-19-20)8-14(17-4)12-5-6-13(16)11(3)7-12/h5-7,9-10,14,17H,8H2,1-4H3. The largest absolute Gasteiger partial charge is 0.313 e. The van der Waals surface area contributed by atoms with Gasteiger partial charge in [-0.15, -0.1) is 0 Å². The molecule has 1 aromatic carbocycles. The van der Waals surface area contributed by atoms with Gasteiger partial charge in [0, 0.05) is 18.5 Å². The normalized spacial score (nSPS) is 12.9. The van der Waals surface area contributed by atoms with E-state index in [1.165, 1.54) is 6.07 Å². The first-order valence-electron chi connectivity index (χ1n) is 6.84. The average molecular weight is 276 g/mol. The zero-order valence-electron chi connectivity index (χ0n) is 12.4. The van der Waals surface area contributed by atoms with Gasteiger partial charge in [0.1, 0.15) is 18.0 Å². The molecule has 20 heavy (non-hydrogen) atoms. The molecule has 0 radical (unpaired) electrons. The molecule has 1 heterocycles. The number of hydrogen-bond donors (Lipinski definition) is 1. The Kier molecular flexibility index (Phi) is 4.49. The maximum absolute atomic E-state index is 13.4. The summed E-state index contributed by atoms with van der Waals surface area (Å²) in [6.07, 6.45) is 2.30. The highest BCUT2D eigenvalue weighted by atomic mass is 19.1. The Bertz CT molecular complexity index is 577. The van der Waals surface area contributed by atoms with E-state index in [4.69, 9.17) is 0 Å². The van der Waals surface area contributed by atoms with Crippen LogP contribution in [0.25, 0.3) is 0 Å². The molecule has 2 rings (SSSR count). The maximum Gasteiger partial charge on any atom is 0.138 e. The molecular formula is C15H21FN4. The predicted octanol–water partition coefficient (Wildman–Crippen LogP) is 2.81. The van der Waals surface area contributed by atoms with Crippen LogP contribution in [0.2, 0.25) is 0 Å². The SMILES string of the molecule is CNC(Cc1ncnn1C(C)C)c1ccc(F)c(C)c1. The fraction of sp³-hybridized carbons (Fsp3) is 0.467. The van der Waals surface area contributed by atoms with E-state index in [1.807, 2.05) is 23.9 Å². The Morgan fingerprint density at radius 3 is 2.70 bits per heavy atom. The summed E-state index contributed by atoms with van der Waals surface area (Å²) in [5, 5.41) is 7.51. The Morgan fingerprint density at radius 1 is 1.35 bits per heavy atom. The first-order chi connectivity index (χ1) is 9.52. The van der Waals surface area contributed by atoms with Crippen molar-refractivity contribution in [1.82, 2.24) is 20.1 Å². The highest BCUT2D eigenvalue weighted by molar-refractivity contribution is 5.27. The van der Waals surface area contributed by atoms with Crippen molar-refractivity contribution in [3.8, 4) is 0 Å². The van der Waals surface area contributed by atoms with E-state index >= 15 is 0 Å². The van der Waals surface area contributed by atoms with Crippen molar-refractivity contribution in [2.75, 3.05) is 7.05 Å². The summed E-state index contributed by atoms with van der Waals surface area (Å²) in [5.41, 5.74) is 1.72. The summed E-state index contributed by atoms with van der Waals surface area (Å²) < 4.78 is 15.3. The number of likely N-dealkylation sites (N-methyl/N-ethyl adjacent to an activating group) is 1. The van der Waals surface area contributed by atoms with Crippen LogP contribution in [-0.2, 0) is 6.42 Å². The van der Waals surface area contributed by atoms with E-state index in [2.05, 4.69) is 29.2 Å². The molecular weight excluding hydrogens is 255 g/mol. The van der Waals surface area contributed by atoms with E-state index in [1.54, 1.807) is 13.3 Å². The van der Waals surface area contributed by atoms with E-state index in [0.29, 0.717) is 5.56 Å². The number of rotatable bonds is 5. The summed E-state index contributed by atoms with van der Waals surface area (Å²) in [6.45, 7) is 5.94. The summed E-state index contributed by atoms with van der Waals surface area (Å²) in [7, 11) is 1.90. The summed E-state index contributed by atoms with van der Waals surface area (Å²) in [5.74, 6) is 0.760. The lowest BCUT2D eigenvalue weighted by atomic mass is 10.0. The van der Waals surface area contributed by atoms with Gasteiger partial charge in [0.05, 0.1) is 0 Å². The van der Waals surface area contributed by atoms with Crippen molar-refractivity contribution < 1.29 is 4.39 Å². The van der Waals surface area contributed by atoms with Gasteiger partial charge in [0.25, 0.3) is 0 Å². The van der Waals surface area contributed by atoms with Crippen molar-refractivity contribution >= 4 is 0 Å². The third-order valence-electron chi connectivity index (χ3n) is 3.46. The topological polar surface area (TPSA) is 42.7 Å². The lowest BCUT2D eigenvalue weighted by Crippen LogP contribution is -2.22. The number of nitrogens with zero attached hydrogens (tertiary/aromatic N) is 3. The van der Waals surface area contributed by atoms with Crippen LogP contribution in [-0.4, -0.2) is 21.8 Å². The summed E-state index contributed by atoms with van der Waals surface area (Å²) in [4.78, 5) is 4.33. The Balaban J connectivity index is 2.24. The second-order valence-electron chi connectivity index (χ2n) is 5.27. The molecule has 0 saturated heterocycles. The highest BCUT2D eigenvalue weighted by Gasteiger charge is 2.16. The van der Waals surface area contributed by atoms with Crippen molar-refractivity contribution in [3.05, 3.63) is 47.3 Å². The van der Waals surface area contributed by atoms with Gasteiger partial charge in [-0.3, -0.25) is 0 Å². The number of halogens is 1. The Labute approximate surface area is 119 Å². The van der Waals surface area contributed by atoms with Crippen molar-refractivity contribution in [3.63, 3.8) is 0 Å². The predicted molar refractivity (Wildman–Crippen MR) is 77.0 cm³/mol. The van der Waals surface area contributed by atoms with Crippen LogP contribution >= 0.6 is 0 Å². The number of aryl methyl sites for hydroxylation is 1. The second kappa shape index (κ2) is 6.13. The number of hydrogen-bond acceptors (Lipinski definition) is 3. The van der Waals surface area contributed by atoms with E-state index in [9.17, 15) is 4.39 Å². The first kappa shape index (κ1) is 14.7. The van der Waals surface area contributed by atoms with E-state index in [0.717, 1.165) is 17.8 Å². The number of benzene rings is 1. The van der Waals surface area contributed by atoms with Crippen LogP contribution in [0.5, 0.6) is 0 Å². The van der Waals surface area contributed by atoms with Crippen molar-refractivity contribution in [1.29, 1.82) is 0 Å². The smallest absolute Gasteiger partial charge is 0.138 e. The number of aromatic nitrogens is 3. The zero-order valence-corrected chi connectivity index (χ0v) is 12.4. The van der Waals surface area contributed by atoms with E-state index in [-0.39, 0.29) is 17.9 Å². The molecule has 1 N–H and O–H groups in total. The van der Waals surface area contributed by atoms with Crippen LogP contribution in [0.4, 0.5) is 4.39 Å². The van der Waals surface area contributed by atoms with Gasteiger partial charge in [-0.2, -0.15) is 5.10 Å². The van der Waals surface area contributed by atoms with Gasteiger partial charge in [-0.05, 0) is 45.0 Å². The molecule has 2 aromatic rings. The monoisotopic (exact) mass is 276 g/mol. The molecule has 0 aliphatic carbocycles. The highest BCUT2D eigenvalue weighted by Crippen LogP contribution is 2.20. The fourth-order valence-corrected chi connectivity index (χ4v) is 2.31. The lowest BCUT2D eigenvalue weighted by Gasteiger charge is -2.18. The molecule has 0 aliphatic rings. The molecule has 4 nitrogen and oxygen atoms in total. The van der Waals surface area contributed by atoms with Gasteiger partial charge in [-0.1, -0.05) is 12.1 Å². The minimum atomic E-state index is -0.172. The van der Waals surface area contributed by atoms with Gasteiger partial charge < -0.3 is 5.32 Å². The van der Waals surface area contributed by atoms with Gasteiger partial charge >= 0.3 is 0 Å². The third kappa shape index (κ3) is 3.04. The fourth-order valence-electron chi connectivity index (χ4n) is 2.31. The van der Waals surface area contributed by atoms with Crippen molar-refractivity contribution in [2.24, 2.45) is 0 Å².